The number of H-pyrrole nitrogens is 1. The molecule has 0 aliphatic heterocycles. The van der Waals surface area contributed by atoms with Crippen LogP contribution in [0.5, 0.6) is 5.75 Å². The van der Waals surface area contributed by atoms with Crippen molar-refractivity contribution in [1.82, 2.24) is 25.6 Å². The lowest BCUT2D eigenvalue weighted by atomic mass is 9.89. The third-order valence-corrected chi connectivity index (χ3v) is 7.30. The van der Waals surface area contributed by atoms with E-state index in [4.69, 9.17) is 9.84 Å². The number of ether oxygens (including phenoxy) is 1. The number of aromatic nitrogens is 3. The Hall–Kier alpha value is -3.60. The molecule has 4 N–H and O–H groups in total. The first-order valence-electron chi connectivity index (χ1n) is 12.9. The van der Waals surface area contributed by atoms with Crippen molar-refractivity contribution in [2.24, 2.45) is 5.92 Å². The van der Waals surface area contributed by atoms with Crippen LogP contribution in [-0.2, 0) is 4.79 Å². The van der Waals surface area contributed by atoms with Crippen LogP contribution in [0.4, 0.5) is 8.78 Å². The van der Waals surface area contributed by atoms with E-state index in [2.05, 4.69) is 25.6 Å². The molecule has 0 spiro atoms. The Labute approximate surface area is 218 Å². The second-order valence-corrected chi connectivity index (χ2v) is 10.2. The molecule has 3 atom stereocenters. The number of benzene rings is 1. The van der Waals surface area contributed by atoms with Gasteiger partial charge < -0.3 is 25.5 Å². The molecular formula is C27H31F2N5O4. The number of amides is 2. The summed E-state index contributed by atoms with van der Waals surface area (Å²) in [5.74, 6) is -0.641. The van der Waals surface area contributed by atoms with Crippen molar-refractivity contribution in [3.63, 3.8) is 0 Å². The van der Waals surface area contributed by atoms with Gasteiger partial charge in [-0.2, -0.15) is 0 Å². The third-order valence-electron chi connectivity index (χ3n) is 7.30. The number of alkyl halides is 1. The molecule has 2 aliphatic carbocycles. The lowest BCUT2D eigenvalue weighted by Gasteiger charge is -2.32. The maximum Gasteiger partial charge on any atom is 0.255 e. The summed E-state index contributed by atoms with van der Waals surface area (Å²) >= 11 is 0. The second kappa shape index (κ2) is 10.6. The topological polar surface area (TPSA) is 129 Å². The van der Waals surface area contributed by atoms with E-state index < -0.39 is 42.5 Å². The predicted molar refractivity (Wildman–Crippen MR) is 136 cm³/mol. The van der Waals surface area contributed by atoms with Crippen molar-refractivity contribution in [2.45, 2.75) is 64.2 Å². The van der Waals surface area contributed by atoms with E-state index in [1.807, 2.05) is 0 Å². The van der Waals surface area contributed by atoms with Gasteiger partial charge in [-0.05, 0) is 57.1 Å². The quantitative estimate of drug-likeness (QED) is 0.356. The van der Waals surface area contributed by atoms with Crippen LogP contribution >= 0.6 is 0 Å². The standard InChI is InChI=1S/C27H31F2N5O4/c1-13-3-8-19(38-11-15-4-5-15)22(23(13)29)25-26-24(30-12-31-25)21(14(2)32-26)27(37)33-16-6-7-18(17(28)9-16)34-20(36)10-35/h3,8,12,15-18,32,35H,4-7,9-11H2,1-2H3,(H,33,37)(H,34,36)/t16-,17+,18+/m0/s1. The van der Waals surface area contributed by atoms with E-state index in [1.165, 1.54) is 6.33 Å². The number of carbonyl (C=O) groups excluding carboxylic acids is 2. The Bertz CT molecular complexity index is 1370. The Kier molecular flexibility index (Phi) is 7.29. The summed E-state index contributed by atoms with van der Waals surface area (Å²) in [4.78, 5) is 36.6. The number of aromatic amines is 1. The SMILES string of the molecule is Cc1ccc(OCC2CC2)c(-c2ncnc3c(C(=O)N[C@H]4CC[C@@H](NC(=O)CO)[C@H](F)C4)c(C)[nH]c23)c1F. The van der Waals surface area contributed by atoms with Crippen LogP contribution in [0.25, 0.3) is 22.3 Å². The summed E-state index contributed by atoms with van der Waals surface area (Å²) in [5, 5.41) is 14.2. The minimum Gasteiger partial charge on any atom is -0.492 e. The summed E-state index contributed by atoms with van der Waals surface area (Å²) in [5.41, 5.74) is 2.51. The van der Waals surface area contributed by atoms with Crippen molar-refractivity contribution >= 4 is 22.8 Å². The molecule has 9 nitrogen and oxygen atoms in total. The Morgan fingerprint density at radius 1 is 1.16 bits per heavy atom. The highest BCUT2D eigenvalue weighted by Crippen LogP contribution is 2.39. The third kappa shape index (κ3) is 5.20. The number of nitrogens with zero attached hydrogens (tertiary/aromatic N) is 2. The Morgan fingerprint density at radius 3 is 2.66 bits per heavy atom. The van der Waals surface area contributed by atoms with Gasteiger partial charge in [0.05, 0.1) is 29.3 Å². The summed E-state index contributed by atoms with van der Waals surface area (Å²) in [7, 11) is 0. The summed E-state index contributed by atoms with van der Waals surface area (Å²) in [6.45, 7) is 3.19. The monoisotopic (exact) mass is 527 g/mol. The highest BCUT2D eigenvalue weighted by atomic mass is 19.1. The van der Waals surface area contributed by atoms with Gasteiger partial charge >= 0.3 is 0 Å². The highest BCUT2D eigenvalue weighted by molar-refractivity contribution is 6.09. The fourth-order valence-corrected chi connectivity index (χ4v) is 5.00. The largest absolute Gasteiger partial charge is 0.492 e. The minimum absolute atomic E-state index is 0.0277. The number of aliphatic hydroxyl groups is 1. The fourth-order valence-electron chi connectivity index (χ4n) is 5.00. The second-order valence-electron chi connectivity index (χ2n) is 10.2. The average Bonchev–Trinajstić information content (AvgIpc) is 3.66. The van der Waals surface area contributed by atoms with E-state index in [9.17, 15) is 14.0 Å². The molecule has 0 saturated heterocycles. The number of carbonyl (C=O) groups is 2. The van der Waals surface area contributed by atoms with Gasteiger partial charge in [-0.15, -0.1) is 0 Å². The van der Waals surface area contributed by atoms with Gasteiger partial charge in [0, 0.05) is 18.2 Å². The van der Waals surface area contributed by atoms with E-state index in [1.54, 1.807) is 26.0 Å². The number of rotatable bonds is 8. The summed E-state index contributed by atoms with van der Waals surface area (Å²) < 4.78 is 36.1. The normalized spacial score (nSPS) is 21.3. The van der Waals surface area contributed by atoms with Crippen molar-refractivity contribution in [3.05, 3.63) is 41.1 Å². The van der Waals surface area contributed by atoms with Crippen molar-refractivity contribution in [1.29, 1.82) is 0 Å². The molecule has 3 aromatic rings. The molecule has 0 unspecified atom stereocenters. The first-order chi connectivity index (χ1) is 18.3. The average molecular weight is 528 g/mol. The van der Waals surface area contributed by atoms with Gasteiger partial charge in [0.15, 0.2) is 0 Å². The number of nitrogens with one attached hydrogen (secondary N) is 3. The molecule has 38 heavy (non-hydrogen) atoms. The molecule has 5 rings (SSSR count). The Balaban J connectivity index is 1.41. The lowest BCUT2D eigenvalue weighted by Crippen LogP contribution is -2.50. The van der Waals surface area contributed by atoms with Gasteiger partial charge in [-0.1, -0.05) is 6.07 Å². The van der Waals surface area contributed by atoms with Gasteiger partial charge in [0.25, 0.3) is 5.91 Å². The summed E-state index contributed by atoms with van der Waals surface area (Å²) in [6.07, 6.45) is 2.94. The maximum absolute atomic E-state index is 15.5. The first kappa shape index (κ1) is 26.0. The van der Waals surface area contributed by atoms with Gasteiger partial charge in [0.1, 0.15) is 41.9 Å². The number of aryl methyl sites for hydroxylation is 2. The molecule has 1 aromatic carbocycles. The molecular weight excluding hydrogens is 496 g/mol. The van der Waals surface area contributed by atoms with Crippen molar-refractivity contribution < 1.29 is 28.2 Å². The molecule has 2 heterocycles. The number of hydrogen-bond acceptors (Lipinski definition) is 6. The van der Waals surface area contributed by atoms with Crippen LogP contribution in [-0.4, -0.2) is 63.3 Å². The predicted octanol–water partition coefficient (Wildman–Crippen LogP) is 3.27. The van der Waals surface area contributed by atoms with Crippen LogP contribution < -0.4 is 15.4 Å². The summed E-state index contributed by atoms with van der Waals surface area (Å²) in [6, 6.07) is 2.26. The molecule has 2 amide bonds. The van der Waals surface area contributed by atoms with Crippen LogP contribution in [0.2, 0.25) is 0 Å². The molecule has 2 aliphatic rings. The van der Waals surface area contributed by atoms with E-state index in [0.29, 0.717) is 59.1 Å². The lowest BCUT2D eigenvalue weighted by molar-refractivity contribution is -0.125. The molecule has 2 fully saturated rings. The fraction of sp³-hybridized carbons (Fsp3) is 0.481. The van der Waals surface area contributed by atoms with Gasteiger partial charge in [-0.25, -0.2) is 18.7 Å². The maximum atomic E-state index is 15.5. The van der Waals surface area contributed by atoms with E-state index >= 15 is 4.39 Å². The minimum atomic E-state index is -1.36. The van der Waals surface area contributed by atoms with Gasteiger partial charge in [0.2, 0.25) is 5.91 Å². The van der Waals surface area contributed by atoms with Crippen molar-refractivity contribution in [2.75, 3.05) is 13.2 Å². The molecule has 2 saturated carbocycles. The molecule has 0 radical (unpaired) electrons. The van der Waals surface area contributed by atoms with Crippen LogP contribution in [0.15, 0.2) is 18.5 Å². The Morgan fingerprint density at radius 2 is 1.95 bits per heavy atom. The number of halogens is 2. The smallest absolute Gasteiger partial charge is 0.255 e. The zero-order chi connectivity index (χ0) is 27.0. The molecule has 2 aromatic heterocycles. The molecule has 11 heteroatoms. The zero-order valence-electron chi connectivity index (χ0n) is 21.3. The zero-order valence-corrected chi connectivity index (χ0v) is 21.3. The van der Waals surface area contributed by atoms with Gasteiger partial charge in [-0.3, -0.25) is 9.59 Å². The van der Waals surface area contributed by atoms with Crippen molar-refractivity contribution in [3.8, 4) is 17.0 Å². The molecule has 202 valence electrons. The number of fused-ring (bicyclic) bond motifs is 1. The number of aliphatic hydroxyl groups excluding tert-OH is 1. The van der Waals surface area contributed by atoms with Crippen LogP contribution in [0, 0.1) is 25.6 Å². The van der Waals surface area contributed by atoms with E-state index in [0.717, 1.165) is 12.8 Å². The highest BCUT2D eigenvalue weighted by Gasteiger charge is 2.33. The first-order valence-corrected chi connectivity index (χ1v) is 12.9. The molecule has 0 bridgehead atoms. The van der Waals surface area contributed by atoms with E-state index in [-0.39, 0.29) is 17.5 Å². The number of hydrogen-bond donors (Lipinski definition) is 4. The van der Waals surface area contributed by atoms with Crippen LogP contribution in [0.1, 0.15) is 53.7 Å². The van der Waals surface area contributed by atoms with Crippen LogP contribution in [0.3, 0.4) is 0 Å².